The summed E-state index contributed by atoms with van der Waals surface area (Å²) in [5, 5.41) is 21.5. The first-order chi connectivity index (χ1) is 9.15. The molecule has 1 aromatic heterocycles. The standard InChI is InChI=1S/C14H18N2O3/c1-16-13-6-9(4-11(18)7-17)5-12(14(13)15)10-2-3-19-8-10/h2-3,5-6,8,11,16-18H,4,7,15H2,1H3. The third kappa shape index (κ3) is 2.89. The molecule has 0 saturated carbocycles. The van der Waals surface area contributed by atoms with Crippen molar-refractivity contribution in [2.45, 2.75) is 12.5 Å². The number of hydrogen-bond donors (Lipinski definition) is 4. The molecule has 5 N–H and O–H groups in total. The maximum atomic E-state index is 9.55. The van der Waals surface area contributed by atoms with E-state index in [4.69, 9.17) is 15.3 Å². The Balaban J connectivity index is 2.44. The second kappa shape index (κ2) is 5.77. The first kappa shape index (κ1) is 13.5. The zero-order chi connectivity index (χ0) is 13.8. The Morgan fingerprint density at radius 3 is 2.79 bits per heavy atom. The third-order valence-corrected chi connectivity index (χ3v) is 3.02. The molecule has 5 nitrogen and oxygen atoms in total. The van der Waals surface area contributed by atoms with E-state index in [0.717, 1.165) is 22.4 Å². The second-order valence-electron chi connectivity index (χ2n) is 4.41. The zero-order valence-corrected chi connectivity index (χ0v) is 10.8. The van der Waals surface area contributed by atoms with Gasteiger partial charge in [0.05, 0.1) is 36.6 Å². The molecule has 0 bridgehead atoms. The Bertz CT molecular complexity index is 538. The Hall–Kier alpha value is -1.98. The number of hydrogen-bond acceptors (Lipinski definition) is 5. The molecule has 0 aliphatic rings. The molecule has 19 heavy (non-hydrogen) atoms. The molecule has 102 valence electrons. The van der Waals surface area contributed by atoms with Gasteiger partial charge in [0.1, 0.15) is 0 Å². The van der Waals surface area contributed by atoms with Crippen molar-refractivity contribution in [2.75, 3.05) is 24.7 Å². The summed E-state index contributed by atoms with van der Waals surface area (Å²) in [6, 6.07) is 5.61. The third-order valence-electron chi connectivity index (χ3n) is 3.02. The van der Waals surface area contributed by atoms with Gasteiger partial charge in [0.15, 0.2) is 0 Å². The van der Waals surface area contributed by atoms with Crippen LogP contribution in [0.2, 0.25) is 0 Å². The van der Waals surface area contributed by atoms with Crippen molar-refractivity contribution in [1.82, 2.24) is 0 Å². The van der Waals surface area contributed by atoms with Crippen molar-refractivity contribution >= 4 is 11.4 Å². The first-order valence-electron chi connectivity index (χ1n) is 6.07. The van der Waals surface area contributed by atoms with Gasteiger partial charge in [0.2, 0.25) is 0 Å². The molecule has 0 aliphatic heterocycles. The van der Waals surface area contributed by atoms with E-state index in [1.165, 1.54) is 0 Å². The van der Waals surface area contributed by atoms with Crippen molar-refractivity contribution < 1.29 is 14.6 Å². The normalized spacial score (nSPS) is 12.4. The summed E-state index contributed by atoms with van der Waals surface area (Å²) in [5.41, 5.74) is 10.2. The SMILES string of the molecule is CNc1cc(CC(O)CO)cc(-c2ccoc2)c1N. The van der Waals surface area contributed by atoms with Crippen molar-refractivity contribution in [3.8, 4) is 11.1 Å². The van der Waals surface area contributed by atoms with E-state index in [1.54, 1.807) is 19.6 Å². The molecule has 0 amide bonds. The minimum Gasteiger partial charge on any atom is -0.472 e. The number of benzene rings is 1. The number of aliphatic hydroxyl groups excluding tert-OH is 2. The van der Waals surface area contributed by atoms with Crippen molar-refractivity contribution in [1.29, 1.82) is 0 Å². The Kier molecular flexibility index (Phi) is 4.09. The molecule has 1 atom stereocenters. The summed E-state index contributed by atoms with van der Waals surface area (Å²) in [6.07, 6.45) is 2.81. The van der Waals surface area contributed by atoms with Gasteiger partial charge < -0.3 is 25.7 Å². The van der Waals surface area contributed by atoms with E-state index >= 15 is 0 Å². The van der Waals surface area contributed by atoms with Gasteiger partial charge in [-0.2, -0.15) is 0 Å². The molecule has 0 radical (unpaired) electrons. The van der Waals surface area contributed by atoms with E-state index in [9.17, 15) is 5.11 Å². The largest absolute Gasteiger partial charge is 0.472 e. The fourth-order valence-electron chi connectivity index (χ4n) is 2.03. The monoisotopic (exact) mass is 262 g/mol. The van der Waals surface area contributed by atoms with Crippen LogP contribution in [-0.4, -0.2) is 30.0 Å². The van der Waals surface area contributed by atoms with Gasteiger partial charge in [-0.1, -0.05) is 0 Å². The van der Waals surface area contributed by atoms with Gasteiger partial charge in [0, 0.05) is 24.6 Å². The highest BCUT2D eigenvalue weighted by atomic mass is 16.3. The van der Waals surface area contributed by atoms with E-state index in [-0.39, 0.29) is 6.61 Å². The van der Waals surface area contributed by atoms with Gasteiger partial charge >= 0.3 is 0 Å². The van der Waals surface area contributed by atoms with Gasteiger partial charge in [-0.3, -0.25) is 0 Å². The number of anilines is 2. The van der Waals surface area contributed by atoms with Crippen LogP contribution < -0.4 is 11.1 Å². The van der Waals surface area contributed by atoms with Gasteiger partial charge in [-0.25, -0.2) is 0 Å². The quantitative estimate of drug-likeness (QED) is 0.612. The molecule has 1 heterocycles. The average Bonchev–Trinajstić information content (AvgIpc) is 2.94. The molecule has 0 fully saturated rings. The predicted octanol–water partition coefficient (Wildman–Crippen LogP) is 1.47. The van der Waals surface area contributed by atoms with Gasteiger partial charge in [0.25, 0.3) is 0 Å². The van der Waals surface area contributed by atoms with Crippen LogP contribution in [0.15, 0.2) is 35.1 Å². The molecule has 1 unspecified atom stereocenters. The maximum Gasteiger partial charge on any atom is 0.0981 e. The van der Waals surface area contributed by atoms with E-state index < -0.39 is 6.10 Å². The van der Waals surface area contributed by atoms with Crippen LogP contribution in [0.1, 0.15) is 5.56 Å². The molecular weight excluding hydrogens is 244 g/mol. The molecule has 2 aromatic rings. The van der Waals surface area contributed by atoms with Crippen LogP contribution >= 0.6 is 0 Å². The topological polar surface area (TPSA) is 91.6 Å². The molecule has 1 aromatic carbocycles. The Morgan fingerprint density at radius 2 is 2.21 bits per heavy atom. The summed E-state index contributed by atoms with van der Waals surface area (Å²) in [6.45, 7) is -0.264. The molecule has 5 heteroatoms. The summed E-state index contributed by atoms with van der Waals surface area (Å²) in [5.74, 6) is 0. The van der Waals surface area contributed by atoms with E-state index in [2.05, 4.69) is 5.32 Å². The fraction of sp³-hybridized carbons (Fsp3) is 0.286. The molecular formula is C14H18N2O3. The minimum atomic E-state index is -0.773. The van der Waals surface area contributed by atoms with Crippen molar-refractivity contribution in [3.63, 3.8) is 0 Å². The highest BCUT2D eigenvalue weighted by molar-refractivity contribution is 5.85. The maximum absolute atomic E-state index is 9.55. The Morgan fingerprint density at radius 1 is 1.42 bits per heavy atom. The molecule has 0 saturated heterocycles. The first-order valence-corrected chi connectivity index (χ1v) is 6.07. The molecule has 0 aliphatic carbocycles. The van der Waals surface area contributed by atoms with Crippen LogP contribution in [0.3, 0.4) is 0 Å². The smallest absolute Gasteiger partial charge is 0.0981 e. The highest BCUT2D eigenvalue weighted by Crippen LogP contribution is 2.33. The average molecular weight is 262 g/mol. The number of aliphatic hydroxyl groups is 2. The van der Waals surface area contributed by atoms with Crippen LogP contribution in [0.25, 0.3) is 11.1 Å². The molecule has 2 rings (SSSR count). The predicted molar refractivity (Wildman–Crippen MR) is 74.9 cm³/mol. The highest BCUT2D eigenvalue weighted by Gasteiger charge is 2.12. The van der Waals surface area contributed by atoms with Crippen LogP contribution in [-0.2, 0) is 6.42 Å². The van der Waals surface area contributed by atoms with Crippen molar-refractivity contribution in [2.24, 2.45) is 0 Å². The van der Waals surface area contributed by atoms with Crippen LogP contribution in [0.5, 0.6) is 0 Å². The summed E-state index contributed by atoms with van der Waals surface area (Å²) in [7, 11) is 1.79. The number of furan rings is 1. The van der Waals surface area contributed by atoms with Crippen LogP contribution in [0.4, 0.5) is 11.4 Å². The number of nitrogen functional groups attached to an aromatic ring is 1. The second-order valence-corrected chi connectivity index (χ2v) is 4.41. The lowest BCUT2D eigenvalue weighted by Crippen LogP contribution is -2.15. The number of nitrogens with one attached hydrogen (secondary N) is 1. The lowest BCUT2D eigenvalue weighted by atomic mass is 9.99. The summed E-state index contributed by atoms with van der Waals surface area (Å²) in [4.78, 5) is 0. The van der Waals surface area contributed by atoms with Crippen LogP contribution in [0, 0.1) is 0 Å². The number of rotatable bonds is 5. The zero-order valence-electron chi connectivity index (χ0n) is 10.8. The lowest BCUT2D eigenvalue weighted by molar-refractivity contribution is 0.0955. The van der Waals surface area contributed by atoms with E-state index in [0.29, 0.717) is 12.1 Å². The van der Waals surface area contributed by atoms with Gasteiger partial charge in [-0.15, -0.1) is 0 Å². The minimum absolute atomic E-state index is 0.264. The summed E-state index contributed by atoms with van der Waals surface area (Å²) < 4.78 is 5.07. The van der Waals surface area contributed by atoms with Crippen molar-refractivity contribution in [3.05, 3.63) is 36.3 Å². The number of nitrogens with two attached hydrogens (primary N) is 1. The fourth-order valence-corrected chi connectivity index (χ4v) is 2.03. The van der Waals surface area contributed by atoms with E-state index in [1.807, 2.05) is 18.2 Å². The molecule has 0 spiro atoms. The van der Waals surface area contributed by atoms with Gasteiger partial charge in [-0.05, 0) is 23.8 Å². The Labute approximate surface area is 111 Å². The summed E-state index contributed by atoms with van der Waals surface area (Å²) >= 11 is 0. The lowest BCUT2D eigenvalue weighted by Gasteiger charge is -2.14.